The number of rotatable bonds is 3. The lowest BCUT2D eigenvalue weighted by Crippen LogP contribution is -2.29. The number of benzene rings is 1. The average molecular weight is 216 g/mol. The first-order valence-corrected chi connectivity index (χ1v) is 5.83. The molecule has 0 saturated carbocycles. The van der Waals surface area contributed by atoms with Gasteiger partial charge in [0.25, 0.3) is 0 Å². The van der Waals surface area contributed by atoms with Crippen LogP contribution in [0.1, 0.15) is 12.8 Å². The fourth-order valence-corrected chi connectivity index (χ4v) is 2.28. The second-order valence-corrected chi connectivity index (χ2v) is 4.31. The third kappa shape index (κ3) is 1.76. The number of hydrogen-bond acceptors (Lipinski definition) is 3. The van der Waals surface area contributed by atoms with E-state index in [0.717, 1.165) is 29.7 Å². The van der Waals surface area contributed by atoms with Gasteiger partial charge in [0, 0.05) is 18.0 Å². The molecule has 1 aliphatic rings. The molecule has 1 atom stereocenters. The lowest BCUT2D eigenvalue weighted by molar-refractivity contribution is 0.634. The second kappa shape index (κ2) is 4.14. The van der Waals surface area contributed by atoms with Gasteiger partial charge in [-0.25, -0.2) is 0 Å². The van der Waals surface area contributed by atoms with E-state index in [1.807, 2.05) is 6.20 Å². The molecule has 16 heavy (non-hydrogen) atoms. The van der Waals surface area contributed by atoms with Gasteiger partial charge >= 0.3 is 0 Å². The normalized spacial score (nSPS) is 20.4. The maximum absolute atomic E-state index is 4.06. The monoisotopic (exact) mass is 216 g/mol. The van der Waals surface area contributed by atoms with E-state index in [1.165, 1.54) is 12.8 Å². The molecule has 1 saturated heterocycles. The number of aromatic nitrogens is 2. The van der Waals surface area contributed by atoms with Gasteiger partial charge in [0.1, 0.15) is 0 Å². The lowest BCUT2D eigenvalue weighted by Gasteiger charge is -2.12. The van der Waals surface area contributed by atoms with E-state index in [-0.39, 0.29) is 0 Å². The Morgan fingerprint density at radius 3 is 3.31 bits per heavy atom. The number of nitrogens with zero attached hydrogens (tertiary/aromatic N) is 1. The highest BCUT2D eigenvalue weighted by Crippen LogP contribution is 2.20. The number of nitrogens with one attached hydrogen (secondary N) is 3. The highest BCUT2D eigenvalue weighted by molar-refractivity contribution is 5.89. The summed E-state index contributed by atoms with van der Waals surface area (Å²) < 4.78 is 0. The number of aromatic amines is 1. The van der Waals surface area contributed by atoms with Crippen molar-refractivity contribution in [1.82, 2.24) is 15.5 Å². The smallest absolute Gasteiger partial charge is 0.0881 e. The largest absolute Gasteiger partial charge is 0.382 e. The molecule has 1 fully saturated rings. The summed E-state index contributed by atoms with van der Waals surface area (Å²) in [5, 5.41) is 15.2. The molecule has 3 rings (SSSR count). The number of H-pyrrole nitrogens is 1. The van der Waals surface area contributed by atoms with Gasteiger partial charge in [0.05, 0.1) is 17.4 Å². The predicted octanol–water partition coefficient (Wildman–Crippen LogP) is 1.73. The van der Waals surface area contributed by atoms with Crippen molar-refractivity contribution in [2.75, 3.05) is 18.4 Å². The maximum atomic E-state index is 4.06. The van der Waals surface area contributed by atoms with Crippen molar-refractivity contribution in [2.45, 2.75) is 18.9 Å². The minimum absolute atomic E-state index is 0.609. The molecule has 0 radical (unpaired) electrons. The zero-order valence-electron chi connectivity index (χ0n) is 9.16. The number of fused-ring (bicyclic) bond motifs is 1. The Bertz CT molecular complexity index is 471. The summed E-state index contributed by atoms with van der Waals surface area (Å²) in [6.07, 6.45) is 4.42. The molecular weight excluding hydrogens is 200 g/mol. The van der Waals surface area contributed by atoms with E-state index in [4.69, 9.17) is 0 Å². The van der Waals surface area contributed by atoms with Crippen LogP contribution in [0.2, 0.25) is 0 Å². The molecule has 84 valence electrons. The van der Waals surface area contributed by atoms with E-state index in [2.05, 4.69) is 39.0 Å². The minimum atomic E-state index is 0.609. The molecule has 4 nitrogen and oxygen atoms in total. The van der Waals surface area contributed by atoms with Gasteiger partial charge in [-0.15, -0.1) is 0 Å². The van der Waals surface area contributed by atoms with Crippen molar-refractivity contribution in [2.24, 2.45) is 0 Å². The standard InChI is InChI=1S/C12H16N4/c1-3-9-7-15-16-12(9)11(5-1)14-8-10-4-2-6-13-10/h1,3,5,7,10,13-14H,2,4,6,8H2,(H,15,16). The van der Waals surface area contributed by atoms with E-state index in [0.29, 0.717) is 6.04 Å². The van der Waals surface area contributed by atoms with Crippen LogP contribution in [0, 0.1) is 0 Å². The Labute approximate surface area is 94.4 Å². The van der Waals surface area contributed by atoms with Gasteiger partial charge in [0.2, 0.25) is 0 Å². The first-order chi connectivity index (χ1) is 7.93. The van der Waals surface area contributed by atoms with E-state index in [1.54, 1.807) is 0 Å². The van der Waals surface area contributed by atoms with E-state index < -0.39 is 0 Å². The number of para-hydroxylation sites is 1. The first-order valence-electron chi connectivity index (χ1n) is 5.83. The summed E-state index contributed by atoms with van der Waals surface area (Å²) in [6.45, 7) is 2.14. The maximum Gasteiger partial charge on any atom is 0.0881 e. The number of anilines is 1. The Morgan fingerprint density at radius 1 is 1.44 bits per heavy atom. The Balaban J connectivity index is 1.75. The van der Waals surface area contributed by atoms with Gasteiger partial charge in [-0.05, 0) is 25.5 Å². The first kappa shape index (κ1) is 9.66. The lowest BCUT2D eigenvalue weighted by atomic mass is 10.2. The van der Waals surface area contributed by atoms with Crippen LogP contribution in [0.5, 0.6) is 0 Å². The molecule has 1 aromatic carbocycles. The molecule has 0 aliphatic carbocycles. The van der Waals surface area contributed by atoms with Crippen molar-refractivity contribution in [3.63, 3.8) is 0 Å². The zero-order chi connectivity index (χ0) is 10.8. The van der Waals surface area contributed by atoms with Crippen LogP contribution < -0.4 is 10.6 Å². The molecular formula is C12H16N4. The summed E-state index contributed by atoms with van der Waals surface area (Å²) in [5.74, 6) is 0. The SMILES string of the molecule is c1cc(NCC2CCCN2)c2[nH]ncc2c1. The van der Waals surface area contributed by atoms with Crippen LogP contribution >= 0.6 is 0 Å². The van der Waals surface area contributed by atoms with Crippen LogP contribution in [-0.2, 0) is 0 Å². The Hall–Kier alpha value is -1.55. The zero-order valence-corrected chi connectivity index (χ0v) is 9.16. The topological polar surface area (TPSA) is 52.7 Å². The molecule has 2 aromatic rings. The van der Waals surface area contributed by atoms with Gasteiger partial charge < -0.3 is 10.6 Å². The molecule has 0 spiro atoms. The van der Waals surface area contributed by atoms with Crippen molar-refractivity contribution in [1.29, 1.82) is 0 Å². The molecule has 2 heterocycles. The third-order valence-electron chi connectivity index (χ3n) is 3.18. The number of hydrogen-bond donors (Lipinski definition) is 3. The van der Waals surface area contributed by atoms with Gasteiger partial charge in [-0.2, -0.15) is 5.10 Å². The van der Waals surface area contributed by atoms with Crippen molar-refractivity contribution >= 4 is 16.6 Å². The van der Waals surface area contributed by atoms with Crippen LogP contribution in [0.4, 0.5) is 5.69 Å². The second-order valence-electron chi connectivity index (χ2n) is 4.31. The Kier molecular flexibility index (Phi) is 2.50. The minimum Gasteiger partial charge on any atom is -0.382 e. The molecule has 1 aromatic heterocycles. The third-order valence-corrected chi connectivity index (χ3v) is 3.18. The van der Waals surface area contributed by atoms with Gasteiger partial charge in [-0.1, -0.05) is 12.1 Å². The summed E-state index contributed by atoms with van der Waals surface area (Å²) in [7, 11) is 0. The molecule has 0 bridgehead atoms. The predicted molar refractivity (Wildman–Crippen MR) is 65.6 cm³/mol. The molecule has 3 N–H and O–H groups in total. The van der Waals surface area contributed by atoms with Gasteiger partial charge in [0.15, 0.2) is 0 Å². The summed E-state index contributed by atoms with van der Waals surface area (Å²) in [4.78, 5) is 0. The average Bonchev–Trinajstić information content (AvgIpc) is 2.97. The Morgan fingerprint density at radius 2 is 2.44 bits per heavy atom. The highest BCUT2D eigenvalue weighted by atomic mass is 15.1. The summed E-state index contributed by atoms with van der Waals surface area (Å²) in [6, 6.07) is 6.83. The van der Waals surface area contributed by atoms with E-state index in [9.17, 15) is 0 Å². The van der Waals surface area contributed by atoms with E-state index >= 15 is 0 Å². The molecule has 0 amide bonds. The molecule has 1 unspecified atom stereocenters. The summed E-state index contributed by atoms with van der Waals surface area (Å²) >= 11 is 0. The van der Waals surface area contributed by atoms with Crippen LogP contribution in [0.3, 0.4) is 0 Å². The van der Waals surface area contributed by atoms with Crippen molar-refractivity contribution in [3.05, 3.63) is 24.4 Å². The highest BCUT2D eigenvalue weighted by Gasteiger charge is 2.13. The van der Waals surface area contributed by atoms with Crippen molar-refractivity contribution < 1.29 is 0 Å². The van der Waals surface area contributed by atoms with Crippen LogP contribution in [0.15, 0.2) is 24.4 Å². The summed E-state index contributed by atoms with van der Waals surface area (Å²) in [5.41, 5.74) is 2.24. The van der Waals surface area contributed by atoms with Crippen molar-refractivity contribution in [3.8, 4) is 0 Å². The fourth-order valence-electron chi connectivity index (χ4n) is 2.28. The quantitative estimate of drug-likeness (QED) is 0.732. The van der Waals surface area contributed by atoms with Crippen LogP contribution in [-0.4, -0.2) is 29.3 Å². The molecule has 4 heteroatoms. The molecule has 1 aliphatic heterocycles. The van der Waals surface area contributed by atoms with Gasteiger partial charge in [-0.3, -0.25) is 5.10 Å². The fraction of sp³-hybridized carbons (Fsp3) is 0.417. The van der Waals surface area contributed by atoms with Crippen LogP contribution in [0.25, 0.3) is 10.9 Å².